The average Bonchev–Trinajstić information content (AvgIpc) is 1.64. The SMILES string of the molecule is O=COC1CC(=O)N1. The predicted molar refractivity (Wildman–Crippen MR) is 23.7 cm³/mol. The lowest BCUT2D eigenvalue weighted by Gasteiger charge is -2.23. The van der Waals surface area contributed by atoms with Gasteiger partial charge >= 0.3 is 0 Å². The maximum absolute atomic E-state index is 10.1. The topological polar surface area (TPSA) is 55.4 Å². The molecule has 4 heteroatoms. The van der Waals surface area contributed by atoms with Gasteiger partial charge < -0.3 is 10.1 Å². The molecule has 1 heterocycles. The largest absolute Gasteiger partial charge is 0.443 e. The maximum atomic E-state index is 10.1. The van der Waals surface area contributed by atoms with Crippen LogP contribution in [0.15, 0.2) is 0 Å². The van der Waals surface area contributed by atoms with Gasteiger partial charge in [-0.05, 0) is 0 Å². The first-order chi connectivity index (χ1) is 3.83. The van der Waals surface area contributed by atoms with Gasteiger partial charge in [-0.15, -0.1) is 0 Å². The van der Waals surface area contributed by atoms with E-state index in [0.29, 0.717) is 12.9 Å². The number of rotatable bonds is 2. The van der Waals surface area contributed by atoms with Crippen LogP contribution in [-0.2, 0) is 14.3 Å². The second kappa shape index (κ2) is 1.81. The minimum atomic E-state index is -0.361. The molecule has 1 N–H and O–H groups in total. The van der Waals surface area contributed by atoms with Crippen LogP contribution in [-0.4, -0.2) is 18.6 Å². The maximum Gasteiger partial charge on any atom is 0.295 e. The van der Waals surface area contributed by atoms with Crippen molar-refractivity contribution in [2.75, 3.05) is 0 Å². The van der Waals surface area contributed by atoms with Gasteiger partial charge in [0.25, 0.3) is 6.47 Å². The summed E-state index contributed by atoms with van der Waals surface area (Å²) in [5.74, 6) is -0.0724. The van der Waals surface area contributed by atoms with Crippen molar-refractivity contribution in [3.63, 3.8) is 0 Å². The van der Waals surface area contributed by atoms with Gasteiger partial charge in [0.2, 0.25) is 5.91 Å². The Labute approximate surface area is 45.8 Å². The molecular weight excluding hydrogens is 110 g/mol. The van der Waals surface area contributed by atoms with Gasteiger partial charge in [0, 0.05) is 0 Å². The highest BCUT2D eigenvalue weighted by atomic mass is 16.5. The highest BCUT2D eigenvalue weighted by Crippen LogP contribution is 2.02. The Hall–Kier alpha value is -1.06. The lowest BCUT2D eigenvalue weighted by Crippen LogP contribution is -2.49. The number of carbonyl (C=O) groups is 2. The van der Waals surface area contributed by atoms with Crippen molar-refractivity contribution in [3.05, 3.63) is 0 Å². The summed E-state index contributed by atoms with van der Waals surface area (Å²) in [6.07, 6.45) is -0.0568. The van der Waals surface area contributed by atoms with Gasteiger partial charge in [0.1, 0.15) is 0 Å². The molecule has 0 aromatic heterocycles. The standard InChI is InChI=1S/C4H5NO3/c6-2-8-4-1-3(7)5-4/h2,4H,1H2,(H,5,7). The summed E-state index contributed by atoms with van der Waals surface area (Å²) in [5.41, 5.74) is 0. The van der Waals surface area contributed by atoms with Crippen molar-refractivity contribution in [3.8, 4) is 0 Å². The van der Waals surface area contributed by atoms with E-state index < -0.39 is 0 Å². The Morgan fingerprint density at radius 1 is 1.88 bits per heavy atom. The Kier molecular flexibility index (Phi) is 1.15. The van der Waals surface area contributed by atoms with Gasteiger partial charge in [-0.2, -0.15) is 0 Å². The highest BCUT2D eigenvalue weighted by molar-refractivity contribution is 5.82. The first kappa shape index (κ1) is 5.08. The van der Waals surface area contributed by atoms with Crippen molar-refractivity contribution >= 4 is 12.4 Å². The van der Waals surface area contributed by atoms with Gasteiger partial charge in [-0.25, -0.2) is 0 Å². The van der Waals surface area contributed by atoms with Crippen LogP contribution in [0.2, 0.25) is 0 Å². The summed E-state index contributed by atoms with van der Waals surface area (Å²) in [6.45, 7) is 0.324. The molecule has 0 aromatic rings. The van der Waals surface area contributed by atoms with E-state index in [9.17, 15) is 9.59 Å². The molecule has 0 spiro atoms. The van der Waals surface area contributed by atoms with Crippen molar-refractivity contribution in [1.82, 2.24) is 5.32 Å². The third-order valence-corrected chi connectivity index (χ3v) is 0.913. The zero-order valence-electron chi connectivity index (χ0n) is 4.09. The zero-order valence-corrected chi connectivity index (χ0v) is 4.09. The van der Waals surface area contributed by atoms with Crippen molar-refractivity contribution in [2.24, 2.45) is 0 Å². The van der Waals surface area contributed by atoms with E-state index in [1.54, 1.807) is 0 Å². The number of ether oxygens (including phenoxy) is 1. The summed E-state index contributed by atoms with van der Waals surface area (Å²) < 4.78 is 4.34. The summed E-state index contributed by atoms with van der Waals surface area (Å²) in [5, 5.41) is 2.35. The van der Waals surface area contributed by atoms with Crippen LogP contribution in [0.4, 0.5) is 0 Å². The Balaban J connectivity index is 2.15. The van der Waals surface area contributed by atoms with Crippen molar-refractivity contribution < 1.29 is 14.3 Å². The number of nitrogens with one attached hydrogen (secondary N) is 1. The lowest BCUT2D eigenvalue weighted by atomic mass is 10.2. The quantitative estimate of drug-likeness (QED) is 0.371. The van der Waals surface area contributed by atoms with Crippen LogP contribution >= 0.6 is 0 Å². The van der Waals surface area contributed by atoms with Gasteiger partial charge in [0.05, 0.1) is 6.42 Å². The molecule has 1 fully saturated rings. The molecule has 1 aliphatic rings. The van der Waals surface area contributed by atoms with E-state index in [2.05, 4.69) is 10.1 Å². The summed E-state index contributed by atoms with van der Waals surface area (Å²) in [6, 6.07) is 0. The molecule has 1 unspecified atom stereocenters. The number of amides is 1. The molecule has 0 aliphatic carbocycles. The van der Waals surface area contributed by atoms with Gasteiger partial charge in [-0.3, -0.25) is 9.59 Å². The van der Waals surface area contributed by atoms with Crippen LogP contribution in [0.1, 0.15) is 6.42 Å². The summed E-state index contributed by atoms with van der Waals surface area (Å²) in [7, 11) is 0. The molecule has 0 saturated carbocycles. The fourth-order valence-electron chi connectivity index (χ4n) is 0.476. The van der Waals surface area contributed by atoms with Gasteiger partial charge in [-0.1, -0.05) is 0 Å². The molecule has 0 radical (unpaired) electrons. The molecule has 1 rings (SSSR count). The Bertz CT molecular complexity index is 112. The molecule has 1 aliphatic heterocycles. The molecule has 8 heavy (non-hydrogen) atoms. The molecule has 44 valence electrons. The normalized spacial score (nSPS) is 25.5. The first-order valence-corrected chi connectivity index (χ1v) is 2.21. The molecule has 1 atom stereocenters. The Morgan fingerprint density at radius 2 is 2.50 bits per heavy atom. The van der Waals surface area contributed by atoms with Crippen LogP contribution in [0.3, 0.4) is 0 Å². The highest BCUT2D eigenvalue weighted by Gasteiger charge is 2.25. The van der Waals surface area contributed by atoms with Crippen molar-refractivity contribution in [1.29, 1.82) is 0 Å². The van der Waals surface area contributed by atoms with E-state index in [1.807, 2.05) is 0 Å². The van der Waals surface area contributed by atoms with E-state index in [1.165, 1.54) is 0 Å². The van der Waals surface area contributed by atoms with Crippen LogP contribution < -0.4 is 5.32 Å². The van der Waals surface area contributed by atoms with E-state index in [0.717, 1.165) is 0 Å². The Morgan fingerprint density at radius 3 is 2.88 bits per heavy atom. The van der Waals surface area contributed by atoms with E-state index >= 15 is 0 Å². The average molecular weight is 115 g/mol. The minimum absolute atomic E-state index is 0.0724. The first-order valence-electron chi connectivity index (χ1n) is 2.21. The second-order valence-electron chi connectivity index (χ2n) is 1.49. The van der Waals surface area contributed by atoms with Crippen LogP contribution in [0.5, 0.6) is 0 Å². The van der Waals surface area contributed by atoms with Crippen LogP contribution in [0, 0.1) is 0 Å². The molecule has 1 amide bonds. The van der Waals surface area contributed by atoms with E-state index in [-0.39, 0.29) is 12.1 Å². The molecule has 0 bridgehead atoms. The summed E-state index contributed by atoms with van der Waals surface area (Å²) >= 11 is 0. The number of β-lactam (4-membered cyclic amide) rings is 1. The molecule has 1 saturated heterocycles. The fourth-order valence-corrected chi connectivity index (χ4v) is 0.476. The molecule has 0 aromatic carbocycles. The number of hydrogen-bond donors (Lipinski definition) is 1. The van der Waals surface area contributed by atoms with E-state index in [4.69, 9.17) is 0 Å². The monoisotopic (exact) mass is 115 g/mol. The second-order valence-corrected chi connectivity index (χ2v) is 1.49. The third kappa shape index (κ3) is 0.776. The van der Waals surface area contributed by atoms with Gasteiger partial charge in [0.15, 0.2) is 6.23 Å². The zero-order chi connectivity index (χ0) is 5.98. The number of hydrogen-bond acceptors (Lipinski definition) is 3. The fraction of sp³-hybridized carbons (Fsp3) is 0.500. The third-order valence-electron chi connectivity index (χ3n) is 0.913. The molecular formula is C4H5NO3. The summed E-state index contributed by atoms with van der Waals surface area (Å²) in [4.78, 5) is 19.6. The smallest absolute Gasteiger partial charge is 0.295 e. The lowest BCUT2D eigenvalue weighted by molar-refractivity contribution is -0.149. The number of carbonyl (C=O) groups excluding carboxylic acids is 2. The van der Waals surface area contributed by atoms with Crippen molar-refractivity contribution in [2.45, 2.75) is 12.6 Å². The molecule has 4 nitrogen and oxygen atoms in total. The van der Waals surface area contributed by atoms with Crippen LogP contribution in [0.25, 0.3) is 0 Å². The predicted octanol–water partition coefficient (Wildman–Crippen LogP) is -0.995. The minimum Gasteiger partial charge on any atom is -0.443 e.